The molecule has 4 rings (SSSR count). The van der Waals surface area contributed by atoms with Crippen LogP contribution in [0.1, 0.15) is 37.8 Å². The van der Waals surface area contributed by atoms with Gasteiger partial charge in [-0.2, -0.15) is 0 Å². The normalized spacial score (nSPS) is 18.9. The number of hydrogen-bond donors (Lipinski definition) is 4. The summed E-state index contributed by atoms with van der Waals surface area (Å²) in [5, 5.41) is 19.2. The third-order valence-electron chi connectivity index (χ3n) is 7.51. The minimum atomic E-state index is -0.857. The number of likely N-dealkylation sites (tertiary alicyclic amines) is 1. The fourth-order valence-corrected chi connectivity index (χ4v) is 5.53. The van der Waals surface area contributed by atoms with Crippen LogP contribution in [0.3, 0.4) is 0 Å². The number of nitrogens with zero attached hydrogens (tertiary/aromatic N) is 1. The van der Waals surface area contributed by atoms with Gasteiger partial charge in [0.1, 0.15) is 24.1 Å². The Morgan fingerprint density at radius 2 is 1.74 bits per heavy atom. The highest BCUT2D eigenvalue weighted by Crippen LogP contribution is 2.23. The zero-order valence-corrected chi connectivity index (χ0v) is 25.6. The maximum absolute atomic E-state index is 13.6. The highest BCUT2D eigenvalue weighted by atomic mass is 35.5. The van der Waals surface area contributed by atoms with E-state index in [0.717, 1.165) is 48.1 Å². The van der Waals surface area contributed by atoms with E-state index >= 15 is 0 Å². The van der Waals surface area contributed by atoms with E-state index in [9.17, 15) is 19.5 Å². The monoisotopic (exact) mass is 607 g/mol. The van der Waals surface area contributed by atoms with Gasteiger partial charge in [-0.05, 0) is 66.9 Å². The molecule has 4 N–H and O–H groups in total. The van der Waals surface area contributed by atoms with Crippen LogP contribution >= 0.6 is 11.6 Å². The number of halogens is 1. The van der Waals surface area contributed by atoms with Crippen LogP contribution in [0.15, 0.2) is 72.8 Å². The van der Waals surface area contributed by atoms with Crippen molar-refractivity contribution in [1.82, 2.24) is 10.6 Å². The van der Waals surface area contributed by atoms with Crippen LogP contribution < -0.4 is 20.7 Å². The first kappa shape index (κ1) is 31.8. The number of phenols is 1. The van der Waals surface area contributed by atoms with E-state index in [1.165, 1.54) is 0 Å². The minimum Gasteiger partial charge on any atom is -0.508 e. The number of anilines is 1. The summed E-state index contributed by atoms with van der Waals surface area (Å²) in [5.41, 5.74) is 2.42. The average Bonchev–Trinajstić information content (AvgIpc) is 2.94. The number of carbonyl (C=O) groups is 3. The van der Waals surface area contributed by atoms with Crippen molar-refractivity contribution < 1.29 is 28.7 Å². The van der Waals surface area contributed by atoms with Crippen molar-refractivity contribution in [2.24, 2.45) is 5.92 Å². The number of amides is 3. The molecule has 9 nitrogen and oxygen atoms in total. The molecule has 43 heavy (non-hydrogen) atoms. The number of nitrogens with one attached hydrogen (secondary N) is 3. The van der Waals surface area contributed by atoms with Gasteiger partial charge in [-0.15, -0.1) is 0 Å². The van der Waals surface area contributed by atoms with E-state index in [0.29, 0.717) is 16.5 Å². The number of likely N-dealkylation sites (N-methyl/N-ethyl adjacent to an activating group) is 1. The lowest BCUT2D eigenvalue weighted by atomic mass is 10.00. The van der Waals surface area contributed by atoms with Gasteiger partial charge in [-0.3, -0.25) is 9.59 Å². The summed E-state index contributed by atoms with van der Waals surface area (Å²) in [6, 6.07) is 19.4. The van der Waals surface area contributed by atoms with Crippen LogP contribution in [0.25, 0.3) is 0 Å². The summed E-state index contributed by atoms with van der Waals surface area (Å²) in [7, 11) is 2.19. The van der Waals surface area contributed by atoms with Crippen LogP contribution in [-0.4, -0.2) is 59.7 Å². The maximum atomic E-state index is 13.6. The fraction of sp³-hybridized carbons (Fsp3) is 0.364. The number of phenolic OH excluding ortho intramolecular Hbond substituents is 1. The zero-order valence-electron chi connectivity index (χ0n) is 24.8. The molecule has 1 fully saturated rings. The largest absolute Gasteiger partial charge is 0.508 e. The fourth-order valence-electron chi connectivity index (χ4n) is 5.32. The van der Waals surface area contributed by atoms with E-state index in [2.05, 4.69) is 29.1 Å². The van der Waals surface area contributed by atoms with Crippen LogP contribution in [0.2, 0.25) is 5.02 Å². The van der Waals surface area contributed by atoms with Crippen molar-refractivity contribution in [2.45, 2.75) is 51.7 Å². The van der Waals surface area contributed by atoms with Crippen LogP contribution in [-0.2, 0) is 22.6 Å². The van der Waals surface area contributed by atoms with Crippen molar-refractivity contribution in [3.05, 3.63) is 88.9 Å². The molecule has 0 radical (unpaired) electrons. The number of ether oxygens (including phenoxy) is 1. The van der Waals surface area contributed by atoms with Gasteiger partial charge in [-0.1, -0.05) is 49.7 Å². The lowest BCUT2D eigenvalue weighted by Gasteiger charge is -2.42. The predicted octanol–water partition coefficient (Wildman–Crippen LogP) is 5.27. The number of benzene rings is 3. The predicted molar refractivity (Wildman–Crippen MR) is 167 cm³/mol. The third-order valence-corrected chi connectivity index (χ3v) is 7.75. The van der Waals surface area contributed by atoms with Crippen molar-refractivity contribution in [3.63, 3.8) is 0 Å². The van der Waals surface area contributed by atoms with Crippen LogP contribution in [0, 0.1) is 5.92 Å². The van der Waals surface area contributed by atoms with Crippen molar-refractivity contribution >= 4 is 35.2 Å². The molecule has 0 aliphatic carbocycles. The zero-order chi connectivity index (χ0) is 31.0. The second-order valence-corrected chi connectivity index (χ2v) is 12.2. The van der Waals surface area contributed by atoms with Crippen molar-refractivity contribution in [2.75, 3.05) is 25.5 Å². The highest BCUT2D eigenvalue weighted by molar-refractivity contribution is 6.30. The number of urea groups is 1. The number of hydrogen-bond acceptors (Lipinski definition) is 5. The van der Waals surface area contributed by atoms with Gasteiger partial charge in [0.05, 0.1) is 32.1 Å². The molecule has 228 valence electrons. The summed E-state index contributed by atoms with van der Waals surface area (Å²) in [5.74, 6) is -0.382. The van der Waals surface area contributed by atoms with E-state index in [-0.39, 0.29) is 36.0 Å². The molecule has 1 saturated heterocycles. The molecule has 0 spiro atoms. The molecule has 3 aromatic rings. The molecule has 0 bridgehead atoms. The van der Waals surface area contributed by atoms with Gasteiger partial charge in [0, 0.05) is 22.7 Å². The van der Waals surface area contributed by atoms with E-state index in [1.807, 2.05) is 18.2 Å². The summed E-state index contributed by atoms with van der Waals surface area (Å²) in [6.45, 7) is 6.05. The molecular weight excluding hydrogens is 568 g/mol. The van der Waals surface area contributed by atoms with Gasteiger partial charge in [0.25, 0.3) is 0 Å². The first-order valence-corrected chi connectivity index (χ1v) is 14.9. The third kappa shape index (κ3) is 9.73. The summed E-state index contributed by atoms with van der Waals surface area (Å²) in [4.78, 5) is 38.5. The first-order chi connectivity index (χ1) is 20.5. The van der Waals surface area contributed by atoms with Gasteiger partial charge in [0.15, 0.2) is 0 Å². The topological polar surface area (TPSA) is 117 Å². The molecule has 1 aliphatic rings. The molecule has 3 aromatic carbocycles. The number of esters is 1. The minimum absolute atomic E-state index is 0.0568. The number of rotatable bonds is 10. The van der Waals surface area contributed by atoms with E-state index in [1.54, 1.807) is 62.4 Å². The van der Waals surface area contributed by atoms with Gasteiger partial charge in [0.2, 0.25) is 5.91 Å². The average molecular weight is 608 g/mol. The van der Waals surface area contributed by atoms with Gasteiger partial charge >= 0.3 is 12.0 Å². The number of aromatic hydroxyl groups is 1. The molecule has 1 unspecified atom stereocenters. The Labute approximate surface area is 257 Å². The van der Waals surface area contributed by atoms with Gasteiger partial charge in [-0.25, -0.2) is 4.79 Å². The van der Waals surface area contributed by atoms with E-state index < -0.39 is 12.1 Å². The molecular formula is C33H40ClN4O5+. The second kappa shape index (κ2) is 14.4. The number of quaternary nitrogens is 1. The Bertz CT molecular complexity index is 1410. The molecule has 1 heterocycles. The smallest absolute Gasteiger partial charge is 0.319 e. The molecule has 0 aromatic heterocycles. The number of piperidine rings is 1. The highest BCUT2D eigenvalue weighted by Gasteiger charge is 2.34. The summed E-state index contributed by atoms with van der Waals surface area (Å²) < 4.78 is 6.05. The Hall–Kier alpha value is -4.08. The lowest BCUT2D eigenvalue weighted by molar-refractivity contribution is -0.927. The Morgan fingerprint density at radius 3 is 2.42 bits per heavy atom. The number of carbonyl (C=O) groups excluding carboxylic acids is 3. The first-order valence-electron chi connectivity index (χ1n) is 14.5. The molecule has 0 saturated carbocycles. The second-order valence-electron chi connectivity index (χ2n) is 11.8. The van der Waals surface area contributed by atoms with Gasteiger partial charge < -0.3 is 30.3 Å². The summed E-state index contributed by atoms with van der Waals surface area (Å²) >= 11 is 6.21. The standard InChI is InChI=1S/C33H39ClN4O5/c1-22(2)32(41)43-29-15-11-26(12-16-29)36-33(42)37-30(19-23-9-13-28(39)14-10-23)31(40)35-27-8-5-17-38(3,21-27)20-24-6-4-7-25(34)18-24/h4,6-7,9-16,18,22,27,30H,5,8,17,19-21H2,1-3H3,(H3-,35,36,37,39,40,42)/p+1/t27-,30-,38?/m0/s1. The van der Waals surface area contributed by atoms with Crippen LogP contribution in [0.4, 0.5) is 10.5 Å². The van der Waals surface area contributed by atoms with E-state index in [4.69, 9.17) is 16.3 Å². The SMILES string of the molecule is CC(C)C(=O)Oc1ccc(NC(=O)N[C@@H](Cc2ccc(O)cc2)C(=O)N[C@H]2CCC[N+](C)(Cc3cccc(Cl)c3)C2)cc1. The summed E-state index contributed by atoms with van der Waals surface area (Å²) in [6.07, 6.45) is 2.05. The molecule has 1 aliphatic heterocycles. The van der Waals surface area contributed by atoms with Crippen molar-refractivity contribution in [3.8, 4) is 11.5 Å². The molecule has 10 heteroatoms. The quantitative estimate of drug-likeness (QED) is 0.142. The maximum Gasteiger partial charge on any atom is 0.319 e. The molecule has 3 amide bonds. The Kier molecular flexibility index (Phi) is 10.7. The van der Waals surface area contributed by atoms with Crippen LogP contribution in [0.5, 0.6) is 11.5 Å². The molecule has 3 atom stereocenters. The van der Waals surface area contributed by atoms with Crippen molar-refractivity contribution in [1.29, 1.82) is 0 Å². The Morgan fingerprint density at radius 1 is 1.02 bits per heavy atom. The Balaban J connectivity index is 1.41. The lowest BCUT2D eigenvalue weighted by Crippen LogP contribution is -2.59.